The van der Waals surface area contributed by atoms with Crippen LogP contribution in [-0.2, 0) is 4.79 Å². The number of Topliss-reactive ketones (excluding diaryl/α,β-unsaturated/α-hetero) is 1. The number of hydrogen-bond donors (Lipinski definition) is 2. The topological polar surface area (TPSA) is 70.7 Å². The first-order valence-corrected chi connectivity index (χ1v) is 12.2. The van der Waals surface area contributed by atoms with Gasteiger partial charge in [-0.15, -0.1) is 0 Å². The van der Waals surface area contributed by atoms with Gasteiger partial charge in [-0.2, -0.15) is 0 Å². The van der Waals surface area contributed by atoms with Gasteiger partial charge in [0.05, 0.1) is 24.5 Å². The fraction of sp³-hybridized carbons (Fsp3) is 0.267. The highest BCUT2D eigenvalue weighted by atomic mass is 16.5. The van der Waals surface area contributed by atoms with Crippen molar-refractivity contribution in [3.05, 3.63) is 95.2 Å². The molecule has 2 aliphatic rings. The van der Waals surface area contributed by atoms with E-state index >= 15 is 0 Å². The maximum Gasteiger partial charge on any atom is 0.327 e. The molecule has 0 radical (unpaired) electrons. The number of hydrogen-bond acceptors (Lipinski definition) is 4. The zero-order chi connectivity index (χ0) is 25.4. The highest BCUT2D eigenvalue weighted by Gasteiger charge is 2.43. The summed E-state index contributed by atoms with van der Waals surface area (Å²) in [6.45, 7) is 6.18. The Morgan fingerprint density at radius 2 is 1.69 bits per heavy atom. The van der Waals surface area contributed by atoms with Crippen LogP contribution in [0, 0.1) is 12.3 Å². The SMILES string of the molecule is COc1ccc([C@H]2C3=C(CC(C)(C)CC3=O)Nc3ccccc3N2C(=O)Nc2ccccc2C)cc1. The van der Waals surface area contributed by atoms with E-state index in [0.29, 0.717) is 29.9 Å². The monoisotopic (exact) mass is 481 g/mol. The molecule has 36 heavy (non-hydrogen) atoms. The highest BCUT2D eigenvalue weighted by Crippen LogP contribution is 2.48. The molecule has 0 spiro atoms. The number of carbonyl (C=O) groups excluding carboxylic acids is 2. The van der Waals surface area contributed by atoms with Crippen LogP contribution < -0.4 is 20.3 Å². The van der Waals surface area contributed by atoms with Gasteiger partial charge in [0.15, 0.2) is 5.78 Å². The third kappa shape index (κ3) is 4.35. The second-order valence-electron chi connectivity index (χ2n) is 10.3. The van der Waals surface area contributed by atoms with Gasteiger partial charge in [0.1, 0.15) is 5.75 Å². The Morgan fingerprint density at radius 1 is 1.00 bits per heavy atom. The fourth-order valence-corrected chi connectivity index (χ4v) is 5.20. The van der Waals surface area contributed by atoms with Crippen molar-refractivity contribution in [3.63, 3.8) is 0 Å². The molecule has 0 aromatic heterocycles. The summed E-state index contributed by atoms with van der Waals surface area (Å²) >= 11 is 0. The first kappa shape index (κ1) is 23.7. The van der Waals surface area contributed by atoms with Gasteiger partial charge in [-0.25, -0.2) is 4.79 Å². The van der Waals surface area contributed by atoms with E-state index in [2.05, 4.69) is 24.5 Å². The smallest absolute Gasteiger partial charge is 0.327 e. The maximum absolute atomic E-state index is 14.1. The molecule has 3 aromatic carbocycles. The van der Waals surface area contributed by atoms with Crippen LogP contribution in [0.3, 0.4) is 0 Å². The van der Waals surface area contributed by atoms with Crippen molar-refractivity contribution in [2.24, 2.45) is 5.41 Å². The van der Waals surface area contributed by atoms with E-state index in [1.54, 1.807) is 12.0 Å². The number of anilines is 3. The largest absolute Gasteiger partial charge is 0.497 e. The lowest BCUT2D eigenvalue weighted by Crippen LogP contribution is -2.41. The predicted molar refractivity (Wildman–Crippen MR) is 144 cm³/mol. The number of nitrogens with zero attached hydrogens (tertiary/aromatic N) is 1. The van der Waals surface area contributed by atoms with Crippen molar-refractivity contribution in [2.75, 3.05) is 22.6 Å². The highest BCUT2D eigenvalue weighted by molar-refractivity contribution is 6.09. The number of rotatable bonds is 3. The van der Waals surface area contributed by atoms with Gasteiger partial charge >= 0.3 is 6.03 Å². The van der Waals surface area contributed by atoms with Crippen LogP contribution in [0.15, 0.2) is 84.1 Å². The van der Waals surface area contributed by atoms with Crippen LogP contribution in [0.1, 0.15) is 43.9 Å². The van der Waals surface area contributed by atoms with Crippen molar-refractivity contribution >= 4 is 28.9 Å². The summed E-state index contributed by atoms with van der Waals surface area (Å²) in [5.74, 6) is 0.767. The number of amides is 2. The van der Waals surface area contributed by atoms with Crippen LogP contribution in [0.25, 0.3) is 0 Å². The number of fused-ring (bicyclic) bond motifs is 1. The number of urea groups is 1. The van der Waals surface area contributed by atoms with Crippen LogP contribution in [-0.4, -0.2) is 18.9 Å². The number of ether oxygens (including phenoxy) is 1. The van der Waals surface area contributed by atoms with E-state index in [1.807, 2.05) is 79.7 Å². The minimum Gasteiger partial charge on any atom is -0.497 e. The molecule has 0 saturated carbocycles. The molecule has 2 N–H and O–H groups in total. The fourth-order valence-electron chi connectivity index (χ4n) is 5.20. The molecule has 2 amide bonds. The van der Waals surface area contributed by atoms with Crippen molar-refractivity contribution in [1.29, 1.82) is 0 Å². The summed E-state index contributed by atoms with van der Waals surface area (Å²) in [7, 11) is 1.62. The van der Waals surface area contributed by atoms with Gasteiger partial charge in [0.2, 0.25) is 0 Å². The van der Waals surface area contributed by atoms with E-state index < -0.39 is 6.04 Å². The summed E-state index contributed by atoms with van der Waals surface area (Å²) in [5.41, 5.74) is 5.37. The predicted octanol–water partition coefficient (Wildman–Crippen LogP) is 6.85. The molecule has 0 bridgehead atoms. The van der Waals surface area contributed by atoms with Crippen molar-refractivity contribution in [1.82, 2.24) is 0 Å². The summed E-state index contributed by atoms with van der Waals surface area (Å²) in [4.78, 5) is 29.6. The number of aryl methyl sites for hydroxylation is 1. The molecule has 0 unspecified atom stereocenters. The number of allylic oxidation sites excluding steroid dienone is 1. The molecular formula is C30H31N3O3. The third-order valence-corrected chi connectivity index (χ3v) is 6.94. The molecule has 1 aliphatic carbocycles. The molecule has 0 fully saturated rings. The average Bonchev–Trinajstić information content (AvgIpc) is 2.99. The lowest BCUT2D eigenvalue weighted by atomic mass is 9.73. The zero-order valence-electron chi connectivity index (χ0n) is 21.1. The van der Waals surface area contributed by atoms with E-state index in [1.165, 1.54) is 0 Å². The summed E-state index contributed by atoms with van der Waals surface area (Å²) in [6, 6.07) is 22.1. The molecule has 1 heterocycles. The number of nitrogens with one attached hydrogen (secondary N) is 2. The summed E-state index contributed by atoms with van der Waals surface area (Å²) in [5, 5.41) is 6.64. The number of carbonyl (C=O) groups is 2. The first-order valence-electron chi connectivity index (χ1n) is 12.2. The number of benzene rings is 3. The number of methoxy groups -OCH3 is 1. The molecule has 184 valence electrons. The second-order valence-corrected chi connectivity index (χ2v) is 10.3. The van der Waals surface area contributed by atoms with Gasteiger partial charge in [-0.05, 0) is 60.2 Å². The van der Waals surface area contributed by atoms with Crippen LogP contribution in [0.4, 0.5) is 21.9 Å². The van der Waals surface area contributed by atoms with Crippen LogP contribution in [0.2, 0.25) is 0 Å². The van der Waals surface area contributed by atoms with Gasteiger partial charge in [-0.1, -0.05) is 56.3 Å². The minimum atomic E-state index is -0.602. The Labute approximate surface area is 212 Å². The number of ketones is 1. The van der Waals surface area contributed by atoms with Crippen molar-refractivity contribution in [3.8, 4) is 5.75 Å². The van der Waals surface area contributed by atoms with Crippen LogP contribution >= 0.6 is 0 Å². The van der Waals surface area contributed by atoms with Crippen molar-refractivity contribution in [2.45, 2.75) is 39.7 Å². The lowest BCUT2D eigenvalue weighted by Gasteiger charge is -2.37. The minimum absolute atomic E-state index is 0.0519. The van der Waals surface area contributed by atoms with E-state index in [0.717, 1.165) is 28.2 Å². The summed E-state index contributed by atoms with van der Waals surface area (Å²) < 4.78 is 5.37. The average molecular weight is 482 g/mol. The molecule has 5 rings (SSSR count). The molecule has 1 atom stereocenters. The Morgan fingerprint density at radius 3 is 2.42 bits per heavy atom. The maximum atomic E-state index is 14.1. The van der Waals surface area contributed by atoms with Crippen molar-refractivity contribution < 1.29 is 14.3 Å². The van der Waals surface area contributed by atoms with Gasteiger partial charge < -0.3 is 15.4 Å². The lowest BCUT2D eigenvalue weighted by molar-refractivity contribution is -0.118. The van der Waals surface area contributed by atoms with Gasteiger partial charge in [-0.3, -0.25) is 9.69 Å². The molecule has 6 heteroatoms. The quantitative estimate of drug-likeness (QED) is 0.429. The molecule has 6 nitrogen and oxygen atoms in total. The Bertz CT molecular complexity index is 1360. The molecule has 3 aromatic rings. The van der Waals surface area contributed by atoms with Gasteiger partial charge in [0.25, 0.3) is 0 Å². The van der Waals surface area contributed by atoms with Crippen LogP contribution in [0.5, 0.6) is 5.75 Å². The normalized spacial score (nSPS) is 18.5. The molecule has 0 saturated heterocycles. The Hall–Kier alpha value is -4.06. The van der Waals surface area contributed by atoms with E-state index in [9.17, 15) is 9.59 Å². The Balaban J connectivity index is 1.72. The van der Waals surface area contributed by atoms with Gasteiger partial charge in [0, 0.05) is 23.4 Å². The van der Waals surface area contributed by atoms with E-state index in [4.69, 9.17) is 4.74 Å². The molecular weight excluding hydrogens is 450 g/mol. The molecule has 1 aliphatic heterocycles. The van der Waals surface area contributed by atoms with E-state index in [-0.39, 0.29) is 17.2 Å². The third-order valence-electron chi connectivity index (χ3n) is 6.94. The standard InChI is InChI=1S/C30H31N3O3/c1-19-9-5-6-10-22(19)32-29(35)33-25-12-8-7-11-23(25)31-24-17-30(2,3)18-26(34)27(24)28(33)20-13-15-21(36-4)16-14-20/h5-16,28,31H,17-18H2,1-4H3,(H,32,35)/t28-/m0/s1. The second kappa shape index (κ2) is 9.19. The first-order chi connectivity index (χ1) is 17.3. The Kier molecular flexibility index (Phi) is 6.04. The summed E-state index contributed by atoms with van der Waals surface area (Å²) in [6.07, 6.45) is 1.13. The number of para-hydroxylation sites is 3. The zero-order valence-corrected chi connectivity index (χ0v) is 21.1.